The summed E-state index contributed by atoms with van der Waals surface area (Å²) in [5.74, 6) is 2.90. The predicted molar refractivity (Wildman–Crippen MR) is 98.5 cm³/mol. The van der Waals surface area contributed by atoms with Gasteiger partial charge < -0.3 is 15.2 Å². The maximum absolute atomic E-state index is 4.69. The van der Waals surface area contributed by atoms with Crippen LogP contribution in [0.2, 0.25) is 0 Å². The Labute approximate surface area is 147 Å². The number of aromatic nitrogens is 3. The van der Waals surface area contributed by atoms with Gasteiger partial charge in [-0.1, -0.05) is 0 Å². The molecule has 0 aromatic carbocycles. The number of rotatable bonds is 6. The van der Waals surface area contributed by atoms with Gasteiger partial charge in [0.2, 0.25) is 0 Å². The van der Waals surface area contributed by atoms with E-state index in [1.165, 1.54) is 9.75 Å². The van der Waals surface area contributed by atoms with Gasteiger partial charge in [0.15, 0.2) is 11.8 Å². The lowest BCUT2D eigenvalue weighted by molar-refractivity contribution is 0.640. The molecule has 0 saturated carbocycles. The van der Waals surface area contributed by atoms with Crippen LogP contribution in [0.25, 0.3) is 0 Å². The summed E-state index contributed by atoms with van der Waals surface area (Å²) in [5.41, 5.74) is 0. The molecule has 0 bridgehead atoms. The highest BCUT2D eigenvalue weighted by molar-refractivity contribution is 7.11. The van der Waals surface area contributed by atoms with Gasteiger partial charge in [-0.3, -0.25) is 0 Å². The van der Waals surface area contributed by atoms with Gasteiger partial charge in [0, 0.05) is 41.7 Å². The fourth-order valence-corrected chi connectivity index (χ4v) is 4.00. The second kappa shape index (κ2) is 7.79. The van der Waals surface area contributed by atoms with Crippen LogP contribution in [0.5, 0.6) is 0 Å². The first-order valence-corrected chi connectivity index (χ1v) is 9.48. The number of guanidine groups is 1. The largest absolute Gasteiger partial charge is 0.357 e. The van der Waals surface area contributed by atoms with E-state index in [0.717, 1.165) is 50.0 Å². The van der Waals surface area contributed by atoms with Crippen LogP contribution in [-0.2, 0) is 25.9 Å². The average molecular weight is 347 g/mol. The molecule has 1 aliphatic rings. The minimum Gasteiger partial charge on any atom is -0.357 e. The predicted octanol–water partition coefficient (Wildman–Crippen LogP) is 2.28. The summed E-state index contributed by atoms with van der Waals surface area (Å²) in [6.07, 6.45) is 3.20. The summed E-state index contributed by atoms with van der Waals surface area (Å²) < 4.78 is 2.20. The summed E-state index contributed by atoms with van der Waals surface area (Å²) in [7, 11) is 0. The van der Waals surface area contributed by atoms with Crippen molar-refractivity contribution in [2.75, 3.05) is 6.54 Å². The Kier molecular flexibility index (Phi) is 5.50. The first kappa shape index (κ1) is 17.0. The molecule has 7 heteroatoms. The molecule has 2 aromatic rings. The number of thiophene rings is 1. The molecule has 3 heterocycles. The van der Waals surface area contributed by atoms with Crippen molar-refractivity contribution in [2.24, 2.45) is 4.99 Å². The van der Waals surface area contributed by atoms with E-state index in [2.05, 4.69) is 58.3 Å². The molecule has 2 N–H and O–H groups in total. The summed E-state index contributed by atoms with van der Waals surface area (Å²) in [5, 5.41) is 15.3. The number of nitrogens with zero attached hydrogens (tertiary/aromatic N) is 4. The Morgan fingerprint density at radius 2 is 2.29 bits per heavy atom. The van der Waals surface area contributed by atoms with Crippen LogP contribution >= 0.6 is 11.3 Å². The molecular formula is C17H26N6S. The third-order valence-corrected chi connectivity index (χ3v) is 5.12. The molecule has 0 aliphatic carbocycles. The Bertz CT molecular complexity index is 702. The van der Waals surface area contributed by atoms with Crippen LogP contribution in [0.1, 0.15) is 41.7 Å². The Morgan fingerprint density at radius 1 is 1.42 bits per heavy atom. The van der Waals surface area contributed by atoms with Crippen LogP contribution in [0.3, 0.4) is 0 Å². The molecule has 0 saturated heterocycles. The molecule has 0 spiro atoms. The second-order valence-electron chi connectivity index (χ2n) is 6.24. The third kappa shape index (κ3) is 4.14. The van der Waals surface area contributed by atoms with Crippen LogP contribution in [-0.4, -0.2) is 33.3 Å². The van der Waals surface area contributed by atoms with Crippen LogP contribution in [0.15, 0.2) is 17.1 Å². The van der Waals surface area contributed by atoms with Crippen molar-refractivity contribution in [3.63, 3.8) is 0 Å². The van der Waals surface area contributed by atoms with Crippen LogP contribution in [0.4, 0.5) is 0 Å². The highest BCUT2D eigenvalue weighted by Gasteiger charge is 2.17. The maximum Gasteiger partial charge on any atom is 0.191 e. The van der Waals surface area contributed by atoms with E-state index < -0.39 is 0 Å². The first-order valence-electron chi connectivity index (χ1n) is 8.67. The van der Waals surface area contributed by atoms with Crippen LogP contribution in [0, 0.1) is 6.92 Å². The van der Waals surface area contributed by atoms with Crippen molar-refractivity contribution in [1.82, 2.24) is 25.4 Å². The smallest absolute Gasteiger partial charge is 0.191 e. The van der Waals surface area contributed by atoms with E-state index in [1.807, 2.05) is 11.3 Å². The highest BCUT2D eigenvalue weighted by Crippen LogP contribution is 2.17. The fourth-order valence-electron chi connectivity index (χ4n) is 2.98. The SMILES string of the molecule is CCNC(=NCc1nnc2n1CCC2)NC(C)Cc1ccc(C)s1. The van der Waals surface area contributed by atoms with E-state index in [4.69, 9.17) is 4.99 Å². The zero-order chi connectivity index (χ0) is 16.9. The average Bonchev–Trinajstić information content (AvgIpc) is 3.23. The normalized spacial score (nSPS) is 15.4. The summed E-state index contributed by atoms with van der Waals surface area (Å²) >= 11 is 1.86. The van der Waals surface area contributed by atoms with E-state index in [1.54, 1.807) is 0 Å². The number of fused-ring (bicyclic) bond motifs is 1. The molecule has 2 aromatic heterocycles. The number of aliphatic imine (C=N–C) groups is 1. The van der Waals surface area contributed by atoms with Crippen molar-refractivity contribution >= 4 is 17.3 Å². The molecule has 0 radical (unpaired) electrons. The van der Waals surface area contributed by atoms with Crippen molar-refractivity contribution in [1.29, 1.82) is 0 Å². The molecule has 0 amide bonds. The molecule has 1 unspecified atom stereocenters. The summed E-state index contributed by atoms with van der Waals surface area (Å²) in [6, 6.07) is 4.71. The van der Waals surface area contributed by atoms with Gasteiger partial charge in [-0.15, -0.1) is 21.5 Å². The maximum atomic E-state index is 4.69. The lowest BCUT2D eigenvalue weighted by Crippen LogP contribution is -2.43. The van der Waals surface area contributed by atoms with Gasteiger partial charge in [-0.2, -0.15) is 0 Å². The fraction of sp³-hybridized carbons (Fsp3) is 0.588. The quantitative estimate of drug-likeness (QED) is 0.622. The Hall–Kier alpha value is -1.89. The number of hydrogen-bond acceptors (Lipinski definition) is 4. The van der Waals surface area contributed by atoms with Gasteiger partial charge in [0.1, 0.15) is 12.4 Å². The zero-order valence-electron chi connectivity index (χ0n) is 14.7. The number of nitrogens with one attached hydrogen (secondary N) is 2. The Balaban J connectivity index is 1.60. The minimum absolute atomic E-state index is 0.324. The molecule has 3 rings (SSSR count). The van der Waals surface area contributed by atoms with Gasteiger partial charge in [-0.05, 0) is 39.3 Å². The van der Waals surface area contributed by atoms with E-state index in [-0.39, 0.29) is 0 Å². The van der Waals surface area contributed by atoms with E-state index in [9.17, 15) is 0 Å². The molecule has 1 atom stereocenters. The van der Waals surface area contributed by atoms with E-state index in [0.29, 0.717) is 12.6 Å². The molecule has 6 nitrogen and oxygen atoms in total. The lowest BCUT2D eigenvalue weighted by atomic mass is 10.2. The number of hydrogen-bond donors (Lipinski definition) is 2. The van der Waals surface area contributed by atoms with E-state index >= 15 is 0 Å². The molecular weight excluding hydrogens is 320 g/mol. The first-order chi connectivity index (χ1) is 11.7. The number of aryl methyl sites for hydroxylation is 2. The zero-order valence-corrected chi connectivity index (χ0v) is 15.5. The topological polar surface area (TPSA) is 67.1 Å². The standard InChI is InChI=1S/C17H26N6S/c1-4-18-17(20-12(2)10-14-8-7-13(3)24-14)19-11-16-22-21-15-6-5-9-23(15)16/h7-8,12H,4-6,9-11H2,1-3H3,(H2,18,19,20). The van der Waals surface area contributed by atoms with Crippen molar-refractivity contribution in [3.8, 4) is 0 Å². The van der Waals surface area contributed by atoms with Crippen molar-refractivity contribution in [2.45, 2.75) is 59.2 Å². The Morgan fingerprint density at radius 3 is 3.04 bits per heavy atom. The van der Waals surface area contributed by atoms with Gasteiger partial charge in [-0.25, -0.2) is 4.99 Å². The van der Waals surface area contributed by atoms with Gasteiger partial charge in [0.05, 0.1) is 0 Å². The van der Waals surface area contributed by atoms with Crippen LogP contribution < -0.4 is 10.6 Å². The second-order valence-corrected chi connectivity index (χ2v) is 7.62. The minimum atomic E-state index is 0.324. The van der Waals surface area contributed by atoms with Gasteiger partial charge in [0.25, 0.3) is 0 Å². The highest BCUT2D eigenvalue weighted by atomic mass is 32.1. The summed E-state index contributed by atoms with van der Waals surface area (Å²) in [4.78, 5) is 7.46. The monoisotopic (exact) mass is 346 g/mol. The van der Waals surface area contributed by atoms with Gasteiger partial charge >= 0.3 is 0 Å². The molecule has 1 aliphatic heterocycles. The molecule has 24 heavy (non-hydrogen) atoms. The van der Waals surface area contributed by atoms with Crippen molar-refractivity contribution < 1.29 is 0 Å². The third-order valence-electron chi connectivity index (χ3n) is 4.10. The summed E-state index contributed by atoms with van der Waals surface area (Å²) in [6.45, 7) is 8.85. The lowest BCUT2D eigenvalue weighted by Gasteiger charge is -2.17. The van der Waals surface area contributed by atoms with Crippen molar-refractivity contribution in [3.05, 3.63) is 33.5 Å². The molecule has 0 fully saturated rings. The molecule has 130 valence electrons.